The summed E-state index contributed by atoms with van der Waals surface area (Å²) >= 11 is 5.58. The first kappa shape index (κ1) is 23.8. The number of amides is 1. The molecular weight excluding hydrogens is 474 g/mol. The van der Waals surface area contributed by atoms with Gasteiger partial charge in [0.1, 0.15) is 11.9 Å². The van der Waals surface area contributed by atoms with Crippen LogP contribution in [0.3, 0.4) is 0 Å². The number of benzene rings is 1. The fraction of sp³-hybridized carbons (Fsp3) is 0.364. The Kier molecular flexibility index (Phi) is 5.95. The van der Waals surface area contributed by atoms with Crippen molar-refractivity contribution in [2.24, 2.45) is 0 Å². The molecular formula is C22H19F4N5O2S. The molecule has 1 atom stereocenters. The number of halogens is 4. The van der Waals surface area contributed by atoms with Crippen molar-refractivity contribution in [3.05, 3.63) is 53.1 Å². The van der Waals surface area contributed by atoms with Crippen LogP contribution in [-0.4, -0.2) is 39.9 Å². The Bertz CT molecular complexity index is 1210. The average Bonchev–Trinajstić information content (AvgIpc) is 3.36. The van der Waals surface area contributed by atoms with Gasteiger partial charge in [-0.3, -0.25) is 9.69 Å². The van der Waals surface area contributed by atoms with E-state index in [0.29, 0.717) is 12.8 Å². The molecule has 1 saturated heterocycles. The van der Waals surface area contributed by atoms with E-state index in [1.165, 1.54) is 25.2 Å². The van der Waals surface area contributed by atoms with Gasteiger partial charge in [0.05, 0.1) is 28.6 Å². The molecule has 4 rings (SSSR count). The number of carbonyl (C=O) groups excluding carboxylic acids is 1. The van der Waals surface area contributed by atoms with Gasteiger partial charge in [-0.05, 0) is 49.3 Å². The third kappa shape index (κ3) is 3.65. The maximum absolute atomic E-state index is 14.8. The van der Waals surface area contributed by atoms with E-state index in [0.717, 1.165) is 36.1 Å². The quantitative estimate of drug-likeness (QED) is 0.498. The normalized spacial score (nSPS) is 19.6. The minimum atomic E-state index is -4.84. The molecule has 1 spiro atoms. The van der Waals surface area contributed by atoms with E-state index in [9.17, 15) is 27.5 Å². The van der Waals surface area contributed by atoms with Gasteiger partial charge in [-0.25, -0.2) is 9.37 Å². The van der Waals surface area contributed by atoms with E-state index in [4.69, 9.17) is 17.5 Å². The van der Waals surface area contributed by atoms with Crippen molar-refractivity contribution in [3.63, 3.8) is 0 Å². The number of hydrogen-bond acceptors (Lipinski definition) is 5. The molecule has 12 heteroatoms. The summed E-state index contributed by atoms with van der Waals surface area (Å²) in [4.78, 5) is 18.2. The van der Waals surface area contributed by atoms with E-state index in [-0.39, 0.29) is 22.1 Å². The number of rotatable bonds is 3. The van der Waals surface area contributed by atoms with Crippen LogP contribution in [0.15, 0.2) is 30.5 Å². The molecule has 1 aliphatic carbocycles. The average molecular weight is 493 g/mol. The van der Waals surface area contributed by atoms with Gasteiger partial charge in [0.25, 0.3) is 5.91 Å². The zero-order chi connectivity index (χ0) is 24.8. The molecule has 7 nitrogen and oxygen atoms in total. The van der Waals surface area contributed by atoms with E-state index in [2.05, 4.69) is 10.3 Å². The highest BCUT2D eigenvalue weighted by molar-refractivity contribution is 7.80. The monoisotopic (exact) mass is 493 g/mol. The number of pyridine rings is 1. The van der Waals surface area contributed by atoms with Crippen molar-refractivity contribution < 1.29 is 27.5 Å². The first-order valence-electron chi connectivity index (χ1n) is 10.4. The van der Waals surface area contributed by atoms with Gasteiger partial charge in [-0.2, -0.15) is 18.4 Å². The van der Waals surface area contributed by atoms with Crippen molar-refractivity contribution in [2.45, 2.75) is 43.6 Å². The molecule has 1 aliphatic heterocycles. The number of anilines is 2. The highest BCUT2D eigenvalue weighted by atomic mass is 32.1. The predicted molar refractivity (Wildman–Crippen MR) is 119 cm³/mol. The van der Waals surface area contributed by atoms with Crippen LogP contribution in [0.25, 0.3) is 0 Å². The predicted octanol–water partition coefficient (Wildman–Crippen LogP) is 3.71. The molecule has 34 heavy (non-hydrogen) atoms. The fourth-order valence-electron chi connectivity index (χ4n) is 4.70. The summed E-state index contributed by atoms with van der Waals surface area (Å²) < 4.78 is 55.3. The number of nitrogens with one attached hydrogen (secondary N) is 1. The number of aliphatic hydroxyl groups is 1. The summed E-state index contributed by atoms with van der Waals surface area (Å²) in [5, 5.41) is 22.7. The molecule has 1 aromatic heterocycles. The van der Waals surface area contributed by atoms with E-state index >= 15 is 0 Å². The highest BCUT2D eigenvalue weighted by Crippen LogP contribution is 2.48. The zero-order valence-corrected chi connectivity index (χ0v) is 18.7. The standard InChI is InChI=1S/C22H19F4N5O2S/c1-28-18(32)14-5-4-12(9-16(14)23)31-20(34)30(19(33)21(31)6-2-3-7-21)13-8-15(22(24,25)26)17(10-27)29-11-13/h4-5,8-9,11,19,33H,2-3,6-7H2,1H3,(H,28,32). The second-order valence-electron chi connectivity index (χ2n) is 8.11. The zero-order valence-electron chi connectivity index (χ0n) is 17.9. The molecule has 2 N–H and O–H groups in total. The van der Waals surface area contributed by atoms with Gasteiger partial charge in [-0.15, -0.1) is 0 Å². The lowest BCUT2D eigenvalue weighted by molar-refractivity contribution is -0.138. The van der Waals surface area contributed by atoms with Gasteiger partial charge < -0.3 is 15.3 Å². The van der Waals surface area contributed by atoms with Crippen LogP contribution in [-0.2, 0) is 6.18 Å². The van der Waals surface area contributed by atoms with Gasteiger partial charge in [0.15, 0.2) is 17.0 Å². The Labute approximate surface area is 197 Å². The Hall–Kier alpha value is -3.30. The molecule has 1 unspecified atom stereocenters. The highest BCUT2D eigenvalue weighted by Gasteiger charge is 2.57. The lowest BCUT2D eigenvalue weighted by atomic mass is 9.93. The molecule has 1 saturated carbocycles. The number of aliphatic hydroxyl groups excluding tert-OH is 1. The van der Waals surface area contributed by atoms with Crippen LogP contribution in [0.4, 0.5) is 28.9 Å². The van der Waals surface area contributed by atoms with Crippen molar-refractivity contribution in [1.82, 2.24) is 10.3 Å². The lowest BCUT2D eigenvalue weighted by Crippen LogP contribution is -2.50. The molecule has 1 amide bonds. The number of hydrogen-bond donors (Lipinski definition) is 2. The third-order valence-corrected chi connectivity index (χ3v) is 6.66. The van der Waals surface area contributed by atoms with Gasteiger partial charge >= 0.3 is 6.18 Å². The van der Waals surface area contributed by atoms with Crippen LogP contribution < -0.4 is 15.1 Å². The summed E-state index contributed by atoms with van der Waals surface area (Å²) in [6.45, 7) is 0. The van der Waals surface area contributed by atoms with Crippen LogP contribution >= 0.6 is 12.2 Å². The topological polar surface area (TPSA) is 92.5 Å². The smallest absolute Gasteiger partial charge is 0.371 e. The minimum Gasteiger partial charge on any atom is -0.371 e. The summed E-state index contributed by atoms with van der Waals surface area (Å²) in [6, 6.07) is 6.03. The second-order valence-corrected chi connectivity index (χ2v) is 8.48. The SMILES string of the molecule is CNC(=O)c1ccc(N2C(=S)N(c3cnc(C#N)c(C(F)(F)F)c3)C(O)C23CCCC3)cc1F. The molecule has 2 aromatic rings. The molecule has 2 fully saturated rings. The Morgan fingerprint density at radius 1 is 1.29 bits per heavy atom. The maximum Gasteiger partial charge on any atom is 0.419 e. The Morgan fingerprint density at radius 2 is 1.97 bits per heavy atom. The van der Waals surface area contributed by atoms with Gasteiger partial charge in [0.2, 0.25) is 0 Å². The van der Waals surface area contributed by atoms with Crippen molar-refractivity contribution in [3.8, 4) is 6.07 Å². The Morgan fingerprint density at radius 3 is 2.53 bits per heavy atom. The molecule has 2 aliphatic rings. The first-order valence-corrected chi connectivity index (χ1v) is 10.8. The maximum atomic E-state index is 14.8. The summed E-state index contributed by atoms with van der Waals surface area (Å²) in [7, 11) is 1.37. The van der Waals surface area contributed by atoms with Crippen LogP contribution in [0.5, 0.6) is 0 Å². The largest absolute Gasteiger partial charge is 0.419 e. The van der Waals surface area contributed by atoms with E-state index in [1.54, 1.807) is 4.90 Å². The summed E-state index contributed by atoms with van der Waals surface area (Å²) in [5.74, 6) is -1.42. The van der Waals surface area contributed by atoms with E-state index < -0.39 is 40.9 Å². The van der Waals surface area contributed by atoms with Crippen molar-refractivity contribution >= 4 is 34.6 Å². The lowest BCUT2D eigenvalue weighted by Gasteiger charge is -2.36. The van der Waals surface area contributed by atoms with Gasteiger partial charge in [0, 0.05) is 12.7 Å². The Balaban J connectivity index is 1.82. The number of thiocarbonyl (C=S) groups is 1. The van der Waals surface area contributed by atoms with Crippen molar-refractivity contribution in [2.75, 3.05) is 16.8 Å². The molecule has 0 radical (unpaired) electrons. The molecule has 178 valence electrons. The second kappa shape index (κ2) is 8.48. The first-order chi connectivity index (χ1) is 16.0. The number of carbonyl (C=O) groups is 1. The summed E-state index contributed by atoms with van der Waals surface area (Å²) in [6.07, 6.45) is -2.78. The van der Waals surface area contributed by atoms with Crippen LogP contribution in [0, 0.1) is 17.1 Å². The fourth-order valence-corrected chi connectivity index (χ4v) is 5.19. The van der Waals surface area contributed by atoms with Crippen LogP contribution in [0.2, 0.25) is 0 Å². The number of nitriles is 1. The molecule has 2 heterocycles. The van der Waals surface area contributed by atoms with Crippen molar-refractivity contribution in [1.29, 1.82) is 5.26 Å². The minimum absolute atomic E-state index is 0.0406. The number of aromatic nitrogens is 1. The van der Waals surface area contributed by atoms with Crippen LogP contribution in [0.1, 0.15) is 47.3 Å². The van der Waals surface area contributed by atoms with Gasteiger partial charge in [-0.1, -0.05) is 12.8 Å². The van der Waals surface area contributed by atoms with E-state index in [1.807, 2.05) is 0 Å². The molecule has 1 aromatic carbocycles. The summed E-state index contributed by atoms with van der Waals surface area (Å²) in [5.41, 5.74) is -3.11. The third-order valence-electron chi connectivity index (χ3n) is 6.28. The number of alkyl halides is 3. The number of nitrogens with zero attached hydrogens (tertiary/aromatic N) is 4. The molecule has 0 bridgehead atoms.